The molecule has 1 spiro atoms. The number of allylic oxidation sites excluding steroid dienone is 1. The number of carbonyl (C=O) groups is 1. The van der Waals surface area contributed by atoms with Gasteiger partial charge in [0.05, 0.1) is 13.2 Å². The van der Waals surface area contributed by atoms with Crippen LogP contribution in [0.2, 0.25) is 0 Å². The molecule has 2 fully saturated rings. The molecule has 2 aliphatic carbocycles. The zero-order chi connectivity index (χ0) is 13.5. The van der Waals surface area contributed by atoms with Crippen molar-refractivity contribution in [2.45, 2.75) is 57.8 Å². The molecular weight excluding hydrogens is 244 g/mol. The Morgan fingerprint density at radius 1 is 1.37 bits per heavy atom. The van der Waals surface area contributed by atoms with Gasteiger partial charge in [-0.3, -0.25) is 4.79 Å². The Balaban J connectivity index is 1.82. The molecule has 0 N–H and O–H groups in total. The number of esters is 1. The van der Waals surface area contributed by atoms with Crippen LogP contribution in [0.25, 0.3) is 0 Å². The van der Waals surface area contributed by atoms with Crippen molar-refractivity contribution in [2.75, 3.05) is 13.2 Å². The van der Waals surface area contributed by atoms with Gasteiger partial charge >= 0.3 is 5.97 Å². The minimum absolute atomic E-state index is 0.00348. The summed E-state index contributed by atoms with van der Waals surface area (Å²) in [5.74, 6) is -0.579. The van der Waals surface area contributed by atoms with E-state index in [9.17, 15) is 4.79 Å². The SMILES string of the molecule is CC(=O)O[C@H]1CCC=C2CC3(CC[C@@]21C)OCCO3. The molecule has 3 rings (SSSR count). The minimum atomic E-state index is -0.399. The van der Waals surface area contributed by atoms with Gasteiger partial charge in [-0.05, 0) is 19.3 Å². The van der Waals surface area contributed by atoms with Crippen molar-refractivity contribution >= 4 is 5.97 Å². The number of hydrogen-bond acceptors (Lipinski definition) is 4. The van der Waals surface area contributed by atoms with Gasteiger partial charge in [0.2, 0.25) is 0 Å². The van der Waals surface area contributed by atoms with E-state index in [1.54, 1.807) is 0 Å². The second-order valence-corrected chi connectivity index (χ2v) is 6.11. The van der Waals surface area contributed by atoms with Gasteiger partial charge in [-0.1, -0.05) is 18.6 Å². The number of rotatable bonds is 1. The molecule has 2 atom stereocenters. The third-order valence-corrected chi connectivity index (χ3v) is 4.87. The molecule has 0 bridgehead atoms. The van der Waals surface area contributed by atoms with Gasteiger partial charge in [0.25, 0.3) is 0 Å². The van der Waals surface area contributed by atoms with Crippen LogP contribution in [0.4, 0.5) is 0 Å². The van der Waals surface area contributed by atoms with E-state index >= 15 is 0 Å². The summed E-state index contributed by atoms with van der Waals surface area (Å²) in [5, 5.41) is 0. The topological polar surface area (TPSA) is 44.8 Å². The lowest BCUT2D eigenvalue weighted by atomic mass is 9.63. The number of hydrogen-bond donors (Lipinski definition) is 0. The Bertz CT molecular complexity index is 408. The van der Waals surface area contributed by atoms with Gasteiger partial charge in [-0.25, -0.2) is 0 Å². The summed E-state index contributed by atoms with van der Waals surface area (Å²) in [4.78, 5) is 11.3. The highest BCUT2D eigenvalue weighted by Crippen LogP contribution is 2.53. The van der Waals surface area contributed by atoms with Crippen LogP contribution in [-0.4, -0.2) is 31.1 Å². The fraction of sp³-hybridized carbons (Fsp3) is 0.800. The Kier molecular flexibility index (Phi) is 3.18. The lowest BCUT2D eigenvalue weighted by Crippen LogP contribution is -2.48. The van der Waals surface area contributed by atoms with Gasteiger partial charge in [-0.2, -0.15) is 0 Å². The normalized spacial score (nSPS) is 36.7. The third-order valence-electron chi connectivity index (χ3n) is 4.87. The molecule has 19 heavy (non-hydrogen) atoms. The summed E-state index contributed by atoms with van der Waals surface area (Å²) in [5.41, 5.74) is 1.31. The van der Waals surface area contributed by atoms with Crippen molar-refractivity contribution in [3.05, 3.63) is 11.6 Å². The van der Waals surface area contributed by atoms with Crippen LogP contribution < -0.4 is 0 Å². The maximum atomic E-state index is 11.3. The van der Waals surface area contributed by atoms with E-state index in [-0.39, 0.29) is 17.5 Å². The lowest BCUT2D eigenvalue weighted by Gasteiger charge is -2.49. The fourth-order valence-corrected chi connectivity index (χ4v) is 3.72. The van der Waals surface area contributed by atoms with Gasteiger partial charge in [0.15, 0.2) is 5.79 Å². The molecule has 1 saturated carbocycles. The highest BCUT2D eigenvalue weighted by Gasteiger charge is 2.51. The molecule has 0 radical (unpaired) electrons. The van der Waals surface area contributed by atoms with Crippen molar-refractivity contribution in [3.8, 4) is 0 Å². The molecule has 0 aromatic carbocycles. The Morgan fingerprint density at radius 3 is 2.79 bits per heavy atom. The van der Waals surface area contributed by atoms with Crippen LogP contribution >= 0.6 is 0 Å². The van der Waals surface area contributed by atoms with Crippen LogP contribution in [0.1, 0.15) is 46.0 Å². The number of fused-ring (bicyclic) bond motifs is 1. The molecule has 0 unspecified atom stereocenters. The predicted molar refractivity (Wildman–Crippen MR) is 69.5 cm³/mol. The molecule has 0 aromatic heterocycles. The first-order valence-electron chi connectivity index (χ1n) is 7.19. The average molecular weight is 266 g/mol. The quantitative estimate of drug-likeness (QED) is 0.540. The molecule has 106 valence electrons. The van der Waals surface area contributed by atoms with Crippen molar-refractivity contribution in [3.63, 3.8) is 0 Å². The van der Waals surface area contributed by atoms with Gasteiger partial charge < -0.3 is 14.2 Å². The van der Waals surface area contributed by atoms with Crippen LogP contribution in [0.3, 0.4) is 0 Å². The molecule has 0 amide bonds. The fourth-order valence-electron chi connectivity index (χ4n) is 3.72. The van der Waals surface area contributed by atoms with Crippen LogP contribution in [0.15, 0.2) is 11.6 Å². The minimum Gasteiger partial charge on any atom is -0.462 e. The monoisotopic (exact) mass is 266 g/mol. The lowest BCUT2D eigenvalue weighted by molar-refractivity contribution is -0.187. The molecule has 1 heterocycles. The zero-order valence-corrected chi connectivity index (χ0v) is 11.7. The van der Waals surface area contributed by atoms with Crippen molar-refractivity contribution in [2.24, 2.45) is 5.41 Å². The van der Waals surface area contributed by atoms with E-state index in [1.165, 1.54) is 12.5 Å². The Hall–Kier alpha value is -0.870. The first-order valence-corrected chi connectivity index (χ1v) is 7.19. The second-order valence-electron chi connectivity index (χ2n) is 6.11. The summed E-state index contributed by atoms with van der Waals surface area (Å²) in [6.07, 6.45) is 6.86. The highest BCUT2D eigenvalue weighted by molar-refractivity contribution is 5.66. The van der Waals surface area contributed by atoms with Crippen molar-refractivity contribution < 1.29 is 19.0 Å². The summed E-state index contributed by atoms with van der Waals surface area (Å²) in [6, 6.07) is 0. The van der Waals surface area contributed by atoms with Crippen molar-refractivity contribution in [1.29, 1.82) is 0 Å². The first-order chi connectivity index (χ1) is 9.04. The average Bonchev–Trinajstić information content (AvgIpc) is 2.80. The first kappa shape index (κ1) is 13.1. The van der Waals surface area contributed by atoms with Crippen LogP contribution in [0, 0.1) is 5.41 Å². The molecule has 4 heteroatoms. The smallest absolute Gasteiger partial charge is 0.302 e. The van der Waals surface area contributed by atoms with E-state index < -0.39 is 5.79 Å². The van der Waals surface area contributed by atoms with E-state index in [0.29, 0.717) is 13.2 Å². The molecule has 4 nitrogen and oxygen atoms in total. The molecule has 0 aromatic rings. The van der Waals surface area contributed by atoms with E-state index in [4.69, 9.17) is 14.2 Å². The molecule has 1 saturated heterocycles. The summed E-state index contributed by atoms with van der Waals surface area (Å²) >= 11 is 0. The molecule has 1 aliphatic heterocycles. The number of carbonyl (C=O) groups excluding carboxylic acids is 1. The van der Waals surface area contributed by atoms with Crippen molar-refractivity contribution in [1.82, 2.24) is 0 Å². The Labute approximate surface area is 114 Å². The van der Waals surface area contributed by atoms with Gasteiger partial charge in [0.1, 0.15) is 6.10 Å². The van der Waals surface area contributed by atoms with Gasteiger partial charge in [-0.15, -0.1) is 0 Å². The zero-order valence-electron chi connectivity index (χ0n) is 11.7. The summed E-state index contributed by atoms with van der Waals surface area (Å²) < 4.78 is 17.2. The Morgan fingerprint density at radius 2 is 2.11 bits per heavy atom. The standard InChI is InChI=1S/C15H22O4/c1-11(16)19-13-5-3-4-12-10-15(17-8-9-18-15)7-6-14(12,13)2/h4,13H,3,5-10H2,1-2H3/t13-,14-/m0/s1. The van der Waals surface area contributed by atoms with Gasteiger partial charge in [0, 0.05) is 25.2 Å². The van der Waals surface area contributed by atoms with Crippen LogP contribution in [0.5, 0.6) is 0 Å². The second kappa shape index (κ2) is 4.60. The predicted octanol–water partition coefficient (Wildman–Crippen LogP) is 2.57. The maximum absolute atomic E-state index is 11.3. The molecule has 3 aliphatic rings. The van der Waals surface area contributed by atoms with Crippen LogP contribution in [-0.2, 0) is 19.0 Å². The van der Waals surface area contributed by atoms with E-state index in [2.05, 4.69) is 13.0 Å². The highest BCUT2D eigenvalue weighted by atomic mass is 16.7. The largest absolute Gasteiger partial charge is 0.462 e. The summed E-state index contributed by atoms with van der Waals surface area (Å²) in [7, 11) is 0. The summed E-state index contributed by atoms with van der Waals surface area (Å²) in [6.45, 7) is 5.09. The number of ether oxygens (including phenoxy) is 3. The van der Waals surface area contributed by atoms with E-state index in [0.717, 1.165) is 32.1 Å². The molecular formula is C15H22O4. The third kappa shape index (κ3) is 2.21. The maximum Gasteiger partial charge on any atom is 0.302 e. The van der Waals surface area contributed by atoms with E-state index in [1.807, 2.05) is 0 Å².